The van der Waals surface area contributed by atoms with Gasteiger partial charge in [-0.2, -0.15) is 0 Å². The number of halogens is 1. The molecule has 0 unspecified atom stereocenters. The first-order valence-electron chi connectivity index (χ1n) is 12.3. The van der Waals surface area contributed by atoms with E-state index in [2.05, 4.69) is 4.99 Å². The Bertz CT molecular complexity index is 1570. The maximum absolute atomic E-state index is 13.8. The van der Waals surface area contributed by atoms with Gasteiger partial charge in [-0.05, 0) is 69.2 Å². The third kappa shape index (κ3) is 5.35. The van der Waals surface area contributed by atoms with E-state index in [4.69, 9.17) is 30.5 Å². The van der Waals surface area contributed by atoms with Crippen molar-refractivity contribution in [3.8, 4) is 17.2 Å². The fourth-order valence-corrected chi connectivity index (χ4v) is 5.56. The molecule has 3 aromatic rings. The van der Waals surface area contributed by atoms with Gasteiger partial charge in [0.15, 0.2) is 16.3 Å². The molecule has 0 bridgehead atoms. The van der Waals surface area contributed by atoms with Crippen molar-refractivity contribution in [2.45, 2.75) is 33.7 Å². The lowest BCUT2D eigenvalue weighted by atomic mass is 9.95. The van der Waals surface area contributed by atoms with E-state index in [1.165, 1.54) is 15.9 Å². The highest BCUT2D eigenvalue weighted by Crippen LogP contribution is 2.36. The van der Waals surface area contributed by atoms with Crippen LogP contribution in [-0.4, -0.2) is 37.5 Å². The molecule has 1 aliphatic heterocycles. The number of nitrogens with zero attached hydrogens (tertiary/aromatic N) is 2. The predicted molar refractivity (Wildman–Crippen MR) is 147 cm³/mol. The van der Waals surface area contributed by atoms with Gasteiger partial charge in [0.25, 0.3) is 5.56 Å². The van der Waals surface area contributed by atoms with Crippen molar-refractivity contribution in [1.82, 2.24) is 4.57 Å². The van der Waals surface area contributed by atoms with E-state index in [0.717, 1.165) is 5.56 Å². The molecule has 8 nitrogen and oxygen atoms in total. The molecule has 0 amide bonds. The molecule has 0 aliphatic carbocycles. The first-order chi connectivity index (χ1) is 18.3. The molecule has 0 fully saturated rings. The summed E-state index contributed by atoms with van der Waals surface area (Å²) in [5.74, 6) is 1.11. The van der Waals surface area contributed by atoms with Gasteiger partial charge in [-0.3, -0.25) is 9.36 Å². The fourth-order valence-electron chi connectivity index (χ4n) is 4.27. The summed E-state index contributed by atoms with van der Waals surface area (Å²) in [6.45, 7) is 8.35. The Morgan fingerprint density at radius 2 is 1.76 bits per heavy atom. The number of allylic oxidation sites excluding steroid dienone is 1. The molecular formula is C28H29ClN2O6S. The van der Waals surface area contributed by atoms with Crippen LogP contribution < -0.4 is 29.1 Å². The number of fused-ring (bicyclic) bond motifs is 1. The van der Waals surface area contributed by atoms with E-state index < -0.39 is 12.0 Å². The third-order valence-electron chi connectivity index (χ3n) is 5.87. The number of aromatic nitrogens is 1. The summed E-state index contributed by atoms with van der Waals surface area (Å²) in [5, 5.41) is 0.452. The Balaban J connectivity index is 1.92. The van der Waals surface area contributed by atoms with E-state index in [0.29, 0.717) is 61.7 Å². The number of hydrogen-bond acceptors (Lipinski definition) is 8. The molecule has 1 aliphatic rings. The second kappa shape index (κ2) is 11.9. The van der Waals surface area contributed by atoms with Crippen molar-refractivity contribution in [1.29, 1.82) is 0 Å². The summed E-state index contributed by atoms with van der Waals surface area (Å²) in [5.41, 5.74) is 1.90. The van der Waals surface area contributed by atoms with Crippen LogP contribution in [0.2, 0.25) is 5.02 Å². The highest BCUT2D eigenvalue weighted by atomic mass is 35.5. The van der Waals surface area contributed by atoms with Crippen LogP contribution in [0.3, 0.4) is 0 Å². The number of rotatable bonds is 9. The fraction of sp³-hybridized carbons (Fsp3) is 0.321. The summed E-state index contributed by atoms with van der Waals surface area (Å²) < 4.78 is 24.1. The summed E-state index contributed by atoms with van der Waals surface area (Å²) in [7, 11) is 1.56. The smallest absolute Gasteiger partial charge is 0.338 e. The van der Waals surface area contributed by atoms with E-state index >= 15 is 0 Å². The second-order valence-electron chi connectivity index (χ2n) is 8.27. The van der Waals surface area contributed by atoms with Crippen LogP contribution in [-0.2, 0) is 9.53 Å². The lowest BCUT2D eigenvalue weighted by molar-refractivity contribution is -0.139. The number of ether oxygens (including phenoxy) is 4. The lowest BCUT2D eigenvalue weighted by Gasteiger charge is -2.25. The average molecular weight is 557 g/mol. The molecule has 4 rings (SSSR count). The highest BCUT2D eigenvalue weighted by Gasteiger charge is 2.34. The van der Waals surface area contributed by atoms with Crippen molar-refractivity contribution >= 4 is 35.0 Å². The molecule has 0 N–H and O–H groups in total. The number of methoxy groups -OCH3 is 1. The zero-order chi connectivity index (χ0) is 27.4. The van der Waals surface area contributed by atoms with Crippen LogP contribution in [0.15, 0.2) is 57.5 Å². The average Bonchev–Trinajstić information content (AvgIpc) is 3.19. The molecular weight excluding hydrogens is 528 g/mol. The monoisotopic (exact) mass is 556 g/mol. The molecule has 0 saturated carbocycles. The van der Waals surface area contributed by atoms with Crippen LogP contribution in [0, 0.1) is 0 Å². The van der Waals surface area contributed by atoms with Gasteiger partial charge in [0.05, 0.1) is 53.8 Å². The number of hydrogen-bond donors (Lipinski definition) is 0. The topological polar surface area (TPSA) is 88.4 Å². The Morgan fingerprint density at radius 1 is 1.05 bits per heavy atom. The number of esters is 1. The van der Waals surface area contributed by atoms with Crippen molar-refractivity contribution in [3.63, 3.8) is 0 Å². The van der Waals surface area contributed by atoms with Crippen molar-refractivity contribution < 1.29 is 23.7 Å². The van der Waals surface area contributed by atoms with Gasteiger partial charge in [0.2, 0.25) is 0 Å². The third-order valence-corrected chi connectivity index (χ3v) is 7.15. The zero-order valence-corrected chi connectivity index (χ0v) is 23.4. The molecule has 0 radical (unpaired) electrons. The standard InChI is InChI=1S/C28H29ClN2O6S/c1-6-35-20-11-9-17(13-19(20)29)14-23-26(32)31-25(18-10-12-21(34-5)22(15-18)36-7-2)24(27(33)37-8-3)16(4)30-28(31)38-23/h9-15,25H,6-8H2,1-5H3/t25-/m1/s1. The van der Waals surface area contributed by atoms with Crippen LogP contribution >= 0.6 is 22.9 Å². The van der Waals surface area contributed by atoms with Crippen LogP contribution in [0.25, 0.3) is 6.08 Å². The minimum absolute atomic E-state index is 0.193. The number of thiazole rings is 1. The number of benzene rings is 2. The van der Waals surface area contributed by atoms with Gasteiger partial charge in [-0.25, -0.2) is 9.79 Å². The van der Waals surface area contributed by atoms with Gasteiger partial charge in [0.1, 0.15) is 5.75 Å². The molecule has 10 heteroatoms. The molecule has 1 atom stereocenters. The van der Waals surface area contributed by atoms with E-state index in [-0.39, 0.29) is 12.2 Å². The predicted octanol–water partition coefficient (Wildman–Crippen LogP) is 4.26. The first kappa shape index (κ1) is 27.5. The van der Waals surface area contributed by atoms with Crippen molar-refractivity contribution in [2.24, 2.45) is 4.99 Å². The molecule has 0 spiro atoms. The normalized spacial score (nSPS) is 15.1. The molecule has 200 valence electrons. The van der Waals surface area contributed by atoms with Gasteiger partial charge < -0.3 is 18.9 Å². The minimum atomic E-state index is -0.763. The van der Waals surface area contributed by atoms with E-state index in [9.17, 15) is 9.59 Å². The highest BCUT2D eigenvalue weighted by molar-refractivity contribution is 7.07. The summed E-state index contributed by atoms with van der Waals surface area (Å²) in [4.78, 5) is 32.0. The quantitative estimate of drug-likeness (QED) is 0.366. The maximum atomic E-state index is 13.8. The minimum Gasteiger partial charge on any atom is -0.493 e. The summed E-state index contributed by atoms with van der Waals surface area (Å²) in [6, 6.07) is 9.95. The van der Waals surface area contributed by atoms with Crippen LogP contribution in [0.4, 0.5) is 0 Å². The van der Waals surface area contributed by atoms with Gasteiger partial charge in [-0.15, -0.1) is 0 Å². The summed E-state index contributed by atoms with van der Waals surface area (Å²) >= 11 is 7.60. The Kier molecular flexibility index (Phi) is 8.58. The Morgan fingerprint density at radius 3 is 2.42 bits per heavy atom. The van der Waals surface area contributed by atoms with E-state index in [1.807, 2.05) is 26.0 Å². The number of carbonyl (C=O) groups is 1. The van der Waals surface area contributed by atoms with Gasteiger partial charge in [0, 0.05) is 0 Å². The SMILES string of the molecule is CCOC(=O)C1=C(C)N=c2sc(=Cc3ccc(OCC)c(Cl)c3)c(=O)n2[C@@H]1c1ccc(OC)c(OCC)c1. The second-order valence-corrected chi connectivity index (χ2v) is 9.68. The molecule has 1 aromatic heterocycles. The molecule has 0 saturated heterocycles. The molecule has 2 aromatic carbocycles. The summed E-state index contributed by atoms with van der Waals surface area (Å²) in [6.07, 6.45) is 1.76. The Hall–Kier alpha value is -3.56. The molecule has 2 heterocycles. The van der Waals surface area contributed by atoms with Gasteiger partial charge >= 0.3 is 5.97 Å². The number of carbonyl (C=O) groups excluding carboxylic acids is 1. The largest absolute Gasteiger partial charge is 0.493 e. The van der Waals surface area contributed by atoms with Crippen molar-refractivity contribution in [2.75, 3.05) is 26.9 Å². The Labute approximate surface area is 229 Å². The first-order valence-corrected chi connectivity index (χ1v) is 13.4. The van der Waals surface area contributed by atoms with E-state index in [1.54, 1.807) is 51.3 Å². The molecule has 38 heavy (non-hydrogen) atoms. The van der Waals surface area contributed by atoms with Crippen molar-refractivity contribution in [3.05, 3.63) is 83.5 Å². The zero-order valence-electron chi connectivity index (χ0n) is 21.9. The lowest BCUT2D eigenvalue weighted by Crippen LogP contribution is -2.40. The van der Waals surface area contributed by atoms with Crippen LogP contribution in [0.1, 0.15) is 44.9 Å². The maximum Gasteiger partial charge on any atom is 0.338 e. The van der Waals surface area contributed by atoms with Crippen LogP contribution in [0.5, 0.6) is 17.2 Å². The van der Waals surface area contributed by atoms with Gasteiger partial charge in [-0.1, -0.05) is 35.1 Å².